The zero-order valence-corrected chi connectivity index (χ0v) is 10.6. The number of carbonyl (C=O) groups is 1. The summed E-state index contributed by atoms with van der Waals surface area (Å²) in [4.78, 5) is 11.9. The van der Waals surface area contributed by atoms with Crippen LogP contribution in [0.3, 0.4) is 0 Å². The maximum atomic E-state index is 11.9. The Kier molecular flexibility index (Phi) is 3.47. The fourth-order valence-corrected chi connectivity index (χ4v) is 2.69. The molecule has 0 heterocycles. The molecule has 1 nitrogen and oxygen atoms in total. The van der Waals surface area contributed by atoms with Crippen LogP contribution in [-0.2, 0) is 0 Å². The van der Waals surface area contributed by atoms with Gasteiger partial charge in [-0.3, -0.25) is 4.79 Å². The van der Waals surface area contributed by atoms with Gasteiger partial charge in [-0.15, -0.1) is 0 Å². The molecule has 2 rings (SSSR count). The first-order valence-corrected chi connectivity index (χ1v) is 6.32. The van der Waals surface area contributed by atoms with Gasteiger partial charge in [-0.2, -0.15) is 0 Å². The van der Waals surface area contributed by atoms with Crippen LogP contribution in [0.25, 0.3) is 0 Å². The zero-order chi connectivity index (χ0) is 10.8. The number of rotatable bonds is 3. The highest BCUT2D eigenvalue weighted by atomic mass is 79.9. The van der Waals surface area contributed by atoms with Crippen molar-refractivity contribution in [1.29, 1.82) is 0 Å². The van der Waals surface area contributed by atoms with Crippen LogP contribution in [-0.4, -0.2) is 5.78 Å². The molecule has 1 saturated carbocycles. The average molecular weight is 288 g/mol. The monoisotopic (exact) mass is 286 g/mol. The first kappa shape index (κ1) is 11.2. The Labute approximate surface area is 103 Å². The Hall–Kier alpha value is -0.340. The van der Waals surface area contributed by atoms with Crippen molar-refractivity contribution in [2.45, 2.75) is 25.7 Å². The molecule has 0 bridgehead atoms. The van der Waals surface area contributed by atoms with Gasteiger partial charge in [0.05, 0.1) is 0 Å². The van der Waals surface area contributed by atoms with Crippen molar-refractivity contribution >= 4 is 33.3 Å². The van der Waals surface area contributed by atoms with E-state index in [4.69, 9.17) is 11.6 Å². The van der Waals surface area contributed by atoms with Crippen LogP contribution in [0.5, 0.6) is 0 Å². The third kappa shape index (κ3) is 2.61. The Bertz CT molecular complexity index is 385. The number of hydrogen-bond donors (Lipinski definition) is 0. The fourth-order valence-electron chi connectivity index (χ4n) is 1.78. The van der Waals surface area contributed by atoms with Crippen LogP contribution in [0, 0.1) is 5.92 Å². The lowest BCUT2D eigenvalue weighted by Gasteiger charge is -2.24. The van der Waals surface area contributed by atoms with Gasteiger partial charge in [0.2, 0.25) is 0 Å². The Morgan fingerprint density at radius 2 is 2.20 bits per heavy atom. The second-order valence-electron chi connectivity index (χ2n) is 4.05. The lowest BCUT2D eigenvalue weighted by atomic mass is 9.81. The molecule has 1 aromatic rings. The van der Waals surface area contributed by atoms with E-state index in [0.29, 0.717) is 17.4 Å². The van der Waals surface area contributed by atoms with E-state index in [1.807, 2.05) is 0 Å². The van der Waals surface area contributed by atoms with Gasteiger partial charge in [-0.1, -0.05) is 30.9 Å². The van der Waals surface area contributed by atoms with Gasteiger partial charge in [0.1, 0.15) is 0 Å². The third-order valence-electron chi connectivity index (χ3n) is 2.93. The Morgan fingerprint density at radius 1 is 1.47 bits per heavy atom. The summed E-state index contributed by atoms with van der Waals surface area (Å²) in [5, 5.41) is 0.655. The normalized spacial score (nSPS) is 16.1. The van der Waals surface area contributed by atoms with E-state index in [9.17, 15) is 4.79 Å². The smallest absolute Gasteiger partial charge is 0.164 e. The van der Waals surface area contributed by atoms with Crippen LogP contribution in [0.4, 0.5) is 0 Å². The molecule has 3 heteroatoms. The van der Waals surface area contributed by atoms with Gasteiger partial charge in [0.25, 0.3) is 0 Å². The first-order valence-electron chi connectivity index (χ1n) is 5.15. The number of carbonyl (C=O) groups excluding carboxylic acids is 1. The summed E-state index contributed by atoms with van der Waals surface area (Å²) in [5.74, 6) is 0.836. The predicted molar refractivity (Wildman–Crippen MR) is 65.4 cm³/mol. The number of Topliss-reactive ketones (excluding diaryl/α,β-unsaturated/α-hetero) is 1. The van der Waals surface area contributed by atoms with Crippen molar-refractivity contribution < 1.29 is 4.79 Å². The molecule has 0 atom stereocenters. The summed E-state index contributed by atoms with van der Waals surface area (Å²) in [7, 11) is 0. The van der Waals surface area contributed by atoms with E-state index in [-0.39, 0.29) is 5.78 Å². The molecule has 1 aromatic carbocycles. The van der Waals surface area contributed by atoms with Gasteiger partial charge in [-0.05, 0) is 40.0 Å². The van der Waals surface area contributed by atoms with Gasteiger partial charge < -0.3 is 0 Å². The molecule has 1 aliphatic rings. The lowest BCUT2D eigenvalue weighted by Crippen LogP contribution is -2.16. The number of benzene rings is 1. The van der Waals surface area contributed by atoms with Crippen molar-refractivity contribution in [2.75, 3.05) is 0 Å². The highest BCUT2D eigenvalue weighted by Crippen LogP contribution is 2.32. The van der Waals surface area contributed by atoms with Gasteiger partial charge in [-0.25, -0.2) is 0 Å². The molecule has 80 valence electrons. The summed E-state index contributed by atoms with van der Waals surface area (Å²) >= 11 is 9.20. The highest BCUT2D eigenvalue weighted by Gasteiger charge is 2.22. The van der Waals surface area contributed by atoms with Crippen molar-refractivity contribution in [1.82, 2.24) is 0 Å². The molecule has 15 heavy (non-hydrogen) atoms. The van der Waals surface area contributed by atoms with E-state index in [0.717, 1.165) is 10.0 Å². The molecular weight excluding hydrogens is 275 g/mol. The van der Waals surface area contributed by atoms with Crippen molar-refractivity contribution in [3.8, 4) is 0 Å². The zero-order valence-electron chi connectivity index (χ0n) is 8.30. The van der Waals surface area contributed by atoms with Crippen LogP contribution in [0.2, 0.25) is 5.02 Å². The van der Waals surface area contributed by atoms with E-state index in [2.05, 4.69) is 15.9 Å². The molecule has 0 saturated heterocycles. The maximum Gasteiger partial charge on any atom is 0.164 e. The van der Waals surface area contributed by atoms with E-state index < -0.39 is 0 Å². The lowest BCUT2D eigenvalue weighted by molar-refractivity contribution is 0.0936. The topological polar surface area (TPSA) is 17.1 Å². The molecule has 1 aliphatic carbocycles. The quantitative estimate of drug-likeness (QED) is 0.749. The second-order valence-corrected chi connectivity index (χ2v) is 5.34. The van der Waals surface area contributed by atoms with Crippen molar-refractivity contribution in [3.63, 3.8) is 0 Å². The number of hydrogen-bond acceptors (Lipinski definition) is 1. The summed E-state index contributed by atoms with van der Waals surface area (Å²) in [6.45, 7) is 0. The van der Waals surface area contributed by atoms with E-state index in [1.165, 1.54) is 19.3 Å². The molecule has 0 spiro atoms. The van der Waals surface area contributed by atoms with Crippen LogP contribution in [0.1, 0.15) is 36.0 Å². The van der Waals surface area contributed by atoms with Gasteiger partial charge in [0.15, 0.2) is 5.78 Å². The van der Waals surface area contributed by atoms with E-state index >= 15 is 0 Å². The molecule has 0 N–H and O–H groups in total. The Morgan fingerprint density at radius 3 is 2.73 bits per heavy atom. The largest absolute Gasteiger partial charge is 0.294 e. The molecule has 0 unspecified atom stereocenters. The summed E-state index contributed by atoms with van der Waals surface area (Å²) < 4.78 is 0.805. The average Bonchev–Trinajstić information content (AvgIpc) is 2.11. The summed E-state index contributed by atoms with van der Waals surface area (Å²) in [6.07, 6.45) is 4.37. The minimum Gasteiger partial charge on any atom is -0.294 e. The van der Waals surface area contributed by atoms with Gasteiger partial charge in [0, 0.05) is 21.5 Å². The molecule has 0 radical (unpaired) electrons. The minimum atomic E-state index is 0.225. The van der Waals surface area contributed by atoms with E-state index in [1.54, 1.807) is 18.2 Å². The van der Waals surface area contributed by atoms with Crippen molar-refractivity contribution in [3.05, 3.63) is 33.3 Å². The third-order valence-corrected chi connectivity index (χ3v) is 3.82. The number of halogens is 2. The second kappa shape index (κ2) is 4.67. The molecular formula is C12H12BrClO. The van der Waals surface area contributed by atoms with Gasteiger partial charge >= 0.3 is 0 Å². The standard InChI is InChI=1S/C12H12BrClO/c13-11-7-9(14)4-5-10(11)12(15)6-8-2-1-3-8/h4-5,7-8H,1-3,6H2. The van der Waals surface area contributed by atoms with Crippen molar-refractivity contribution in [2.24, 2.45) is 5.92 Å². The minimum absolute atomic E-state index is 0.225. The Balaban J connectivity index is 2.10. The molecule has 0 amide bonds. The highest BCUT2D eigenvalue weighted by molar-refractivity contribution is 9.10. The SMILES string of the molecule is O=C(CC1CCC1)c1ccc(Cl)cc1Br. The first-order chi connectivity index (χ1) is 7.16. The summed E-state index contributed by atoms with van der Waals surface area (Å²) in [5.41, 5.74) is 0.756. The van der Waals surface area contributed by atoms with Crippen LogP contribution >= 0.6 is 27.5 Å². The predicted octanol–water partition coefficient (Wildman–Crippen LogP) is 4.48. The molecule has 0 aliphatic heterocycles. The number of ketones is 1. The fraction of sp³-hybridized carbons (Fsp3) is 0.417. The maximum absolute atomic E-state index is 11.9. The summed E-state index contributed by atoms with van der Waals surface area (Å²) in [6, 6.07) is 5.34. The van der Waals surface area contributed by atoms with Crippen LogP contribution in [0.15, 0.2) is 22.7 Å². The molecule has 0 aromatic heterocycles. The molecule has 1 fully saturated rings. The van der Waals surface area contributed by atoms with Crippen LogP contribution < -0.4 is 0 Å².